The number of aliphatic hydroxyl groups excluding tert-OH is 1. The third-order valence-electron chi connectivity index (χ3n) is 2.97. The number of aliphatic hydroxyl groups is 1. The average molecular weight is 258 g/mol. The van der Waals surface area contributed by atoms with Crippen LogP contribution in [-0.2, 0) is 14.3 Å². The smallest absolute Gasteiger partial charge is 0.343 e. The van der Waals surface area contributed by atoms with Gasteiger partial charge in [-0.15, -0.1) is 0 Å². The number of hydrogen-bond donors (Lipinski definition) is 1. The predicted molar refractivity (Wildman–Crippen MR) is 68.2 cm³/mol. The van der Waals surface area contributed by atoms with Crippen LogP contribution >= 0.6 is 0 Å². The van der Waals surface area contributed by atoms with Gasteiger partial charge in [0.05, 0.1) is 0 Å². The molecule has 1 N–H and O–H groups in total. The summed E-state index contributed by atoms with van der Waals surface area (Å²) in [6, 6.07) is 7.75. The monoisotopic (exact) mass is 258 g/mol. The van der Waals surface area contributed by atoms with Gasteiger partial charge in [-0.3, -0.25) is 4.79 Å². The number of carbonyl (C=O) groups is 2. The van der Waals surface area contributed by atoms with Gasteiger partial charge in [0.1, 0.15) is 0 Å². The molecule has 2 rings (SSSR count). The number of hydrogen-bond acceptors (Lipinski definition) is 4. The van der Waals surface area contributed by atoms with Gasteiger partial charge in [-0.05, 0) is 18.6 Å². The lowest BCUT2D eigenvalue weighted by molar-refractivity contribution is -0.147. The van der Waals surface area contributed by atoms with Gasteiger partial charge in [0, 0.05) is 18.4 Å². The van der Waals surface area contributed by atoms with Gasteiger partial charge in [0.2, 0.25) is 11.9 Å². The fourth-order valence-corrected chi connectivity index (χ4v) is 1.83. The Morgan fingerprint density at radius 2 is 2.05 bits per heavy atom. The summed E-state index contributed by atoms with van der Waals surface area (Å²) in [6.07, 6.45) is -1.71. The quantitative estimate of drug-likeness (QED) is 0.488. The zero-order chi connectivity index (χ0) is 13.8. The summed E-state index contributed by atoms with van der Waals surface area (Å²) in [4.78, 5) is 22.4. The molecule has 0 bridgehead atoms. The van der Waals surface area contributed by atoms with E-state index in [4.69, 9.17) is 9.84 Å². The van der Waals surface area contributed by atoms with E-state index in [0.717, 1.165) is 11.1 Å². The van der Waals surface area contributed by atoms with E-state index in [1.807, 2.05) is 31.2 Å². The topological polar surface area (TPSA) is 63.6 Å². The van der Waals surface area contributed by atoms with Gasteiger partial charge in [-0.1, -0.05) is 30.0 Å². The lowest BCUT2D eigenvalue weighted by Crippen LogP contribution is -2.24. The van der Waals surface area contributed by atoms with Crippen molar-refractivity contribution in [3.8, 4) is 11.8 Å². The normalized spacial score (nSPS) is 21.8. The molecule has 4 nitrogen and oxygen atoms in total. The van der Waals surface area contributed by atoms with Crippen molar-refractivity contribution in [2.24, 2.45) is 0 Å². The zero-order valence-electron chi connectivity index (χ0n) is 10.6. The average Bonchev–Trinajstić information content (AvgIpc) is 2.64. The number of esters is 1. The fourth-order valence-electron chi connectivity index (χ4n) is 1.83. The largest absolute Gasteiger partial charge is 0.452 e. The molecular formula is C15H14O4. The van der Waals surface area contributed by atoms with Crippen molar-refractivity contribution in [1.82, 2.24) is 0 Å². The van der Waals surface area contributed by atoms with Crippen molar-refractivity contribution in [2.75, 3.05) is 0 Å². The molecule has 1 heterocycles. The van der Waals surface area contributed by atoms with E-state index in [2.05, 4.69) is 11.8 Å². The highest BCUT2D eigenvalue weighted by molar-refractivity contribution is 6.08. The van der Waals surface area contributed by atoms with Crippen LogP contribution in [0.4, 0.5) is 0 Å². The molecule has 1 aromatic rings. The molecule has 0 spiro atoms. The Labute approximate surface area is 111 Å². The lowest BCUT2D eigenvalue weighted by Gasteiger charge is -2.03. The first-order valence-corrected chi connectivity index (χ1v) is 6.06. The fraction of sp³-hybridized carbons (Fsp3) is 0.333. The van der Waals surface area contributed by atoms with Crippen molar-refractivity contribution in [3.63, 3.8) is 0 Å². The Bertz CT molecular complexity index is 565. The number of carbonyl (C=O) groups excluding carboxylic acids is 2. The van der Waals surface area contributed by atoms with E-state index >= 15 is 0 Å². The minimum atomic E-state index is -1.62. The Kier molecular flexibility index (Phi) is 3.98. The van der Waals surface area contributed by atoms with E-state index in [1.54, 1.807) is 0 Å². The highest BCUT2D eigenvalue weighted by Gasteiger charge is 2.41. The van der Waals surface area contributed by atoms with E-state index in [1.165, 1.54) is 0 Å². The van der Waals surface area contributed by atoms with E-state index in [-0.39, 0.29) is 0 Å². The molecule has 1 saturated heterocycles. The highest BCUT2D eigenvalue weighted by atomic mass is 16.6. The van der Waals surface area contributed by atoms with Crippen LogP contribution < -0.4 is 0 Å². The first kappa shape index (κ1) is 13.3. The summed E-state index contributed by atoms with van der Waals surface area (Å²) < 4.78 is 4.76. The lowest BCUT2D eigenvalue weighted by atomic mass is 10.1. The maximum absolute atomic E-state index is 11.4. The molecule has 0 saturated carbocycles. The summed E-state index contributed by atoms with van der Waals surface area (Å²) in [5, 5.41) is 9.15. The first-order chi connectivity index (χ1) is 9.09. The van der Waals surface area contributed by atoms with E-state index in [0.29, 0.717) is 12.8 Å². The van der Waals surface area contributed by atoms with Crippen LogP contribution in [0.3, 0.4) is 0 Å². The van der Waals surface area contributed by atoms with Crippen molar-refractivity contribution < 1.29 is 19.4 Å². The second kappa shape index (κ2) is 5.68. The molecule has 0 aromatic heterocycles. The number of benzene rings is 1. The first-order valence-electron chi connectivity index (χ1n) is 6.06. The third-order valence-corrected chi connectivity index (χ3v) is 2.97. The summed E-state index contributed by atoms with van der Waals surface area (Å²) in [7, 11) is 0. The molecule has 1 aliphatic rings. The summed E-state index contributed by atoms with van der Waals surface area (Å²) in [5.41, 5.74) is 2.03. The number of rotatable bonds is 2. The van der Waals surface area contributed by atoms with Gasteiger partial charge in [0.25, 0.3) is 0 Å². The van der Waals surface area contributed by atoms with Crippen molar-refractivity contribution in [3.05, 3.63) is 35.4 Å². The maximum Gasteiger partial charge on any atom is 0.343 e. The number of cyclic esters (lactones) is 1. The summed E-state index contributed by atoms with van der Waals surface area (Å²) in [6.45, 7) is 1.97. The standard InChI is InChI=1S/C15H14O4/c1-10-6-2-3-7-11(10)8-4-5-9-12-13(16)14(17)15(18)19-12/h2-3,6-7,12,14,17H,5,9H2,1H3. The molecule has 2 atom stereocenters. The Morgan fingerprint density at radius 1 is 1.32 bits per heavy atom. The van der Waals surface area contributed by atoms with Crippen molar-refractivity contribution in [1.29, 1.82) is 0 Å². The van der Waals surface area contributed by atoms with Gasteiger partial charge in [-0.2, -0.15) is 0 Å². The summed E-state index contributed by atoms with van der Waals surface area (Å²) in [5.74, 6) is 4.53. The van der Waals surface area contributed by atoms with Gasteiger partial charge in [0.15, 0.2) is 6.10 Å². The molecule has 0 aliphatic carbocycles. The van der Waals surface area contributed by atoms with Crippen LogP contribution in [0.5, 0.6) is 0 Å². The molecule has 1 aliphatic heterocycles. The van der Waals surface area contributed by atoms with Gasteiger partial charge < -0.3 is 9.84 Å². The number of ether oxygens (including phenoxy) is 1. The second-order valence-electron chi connectivity index (χ2n) is 4.39. The Balaban J connectivity index is 1.90. The van der Waals surface area contributed by atoms with Crippen LogP contribution in [-0.4, -0.2) is 29.1 Å². The van der Waals surface area contributed by atoms with Crippen LogP contribution in [0.1, 0.15) is 24.0 Å². The molecule has 0 amide bonds. The van der Waals surface area contributed by atoms with E-state index in [9.17, 15) is 9.59 Å². The van der Waals surface area contributed by atoms with Crippen LogP contribution in [0.2, 0.25) is 0 Å². The highest BCUT2D eigenvalue weighted by Crippen LogP contribution is 2.15. The third kappa shape index (κ3) is 3.01. The predicted octanol–water partition coefficient (Wildman–Crippen LogP) is 0.982. The van der Waals surface area contributed by atoms with Gasteiger partial charge >= 0.3 is 5.97 Å². The van der Waals surface area contributed by atoms with E-state index < -0.39 is 24.0 Å². The molecular weight excluding hydrogens is 244 g/mol. The molecule has 1 fully saturated rings. The SMILES string of the molecule is Cc1ccccc1C#CCCC1OC(=O)C(O)C1=O. The maximum atomic E-state index is 11.4. The molecule has 1 aromatic carbocycles. The Morgan fingerprint density at radius 3 is 2.68 bits per heavy atom. The molecule has 2 unspecified atom stereocenters. The van der Waals surface area contributed by atoms with Gasteiger partial charge in [-0.25, -0.2) is 4.79 Å². The minimum absolute atomic E-state index is 0.320. The molecule has 0 radical (unpaired) electrons. The van der Waals surface area contributed by atoms with Crippen LogP contribution in [0.15, 0.2) is 24.3 Å². The minimum Gasteiger partial charge on any atom is -0.452 e. The Hall–Kier alpha value is -2.12. The molecule has 98 valence electrons. The van der Waals surface area contributed by atoms with Crippen molar-refractivity contribution >= 4 is 11.8 Å². The number of Topliss-reactive ketones (excluding diaryl/α,β-unsaturated/α-hetero) is 1. The molecule has 4 heteroatoms. The van der Waals surface area contributed by atoms with Crippen LogP contribution in [0, 0.1) is 18.8 Å². The molecule has 19 heavy (non-hydrogen) atoms. The second-order valence-corrected chi connectivity index (χ2v) is 4.39. The summed E-state index contributed by atoms with van der Waals surface area (Å²) >= 11 is 0. The number of ketones is 1. The zero-order valence-corrected chi connectivity index (χ0v) is 10.6. The van der Waals surface area contributed by atoms with Crippen LogP contribution in [0.25, 0.3) is 0 Å². The number of aryl methyl sites for hydroxylation is 1. The van der Waals surface area contributed by atoms with Crippen molar-refractivity contribution in [2.45, 2.75) is 32.0 Å².